The highest BCUT2D eigenvalue weighted by Crippen LogP contribution is 2.37. The zero-order valence-electron chi connectivity index (χ0n) is 12.0. The summed E-state index contributed by atoms with van der Waals surface area (Å²) in [5.74, 6) is 0. The van der Waals surface area contributed by atoms with Gasteiger partial charge in [-0.3, -0.25) is 0 Å². The summed E-state index contributed by atoms with van der Waals surface area (Å²) in [4.78, 5) is 0. The van der Waals surface area contributed by atoms with Gasteiger partial charge in [0.05, 0.1) is 17.4 Å². The van der Waals surface area contributed by atoms with Crippen LogP contribution in [-0.4, -0.2) is 6.04 Å². The van der Waals surface area contributed by atoms with Gasteiger partial charge in [-0.2, -0.15) is 0 Å². The van der Waals surface area contributed by atoms with Crippen LogP contribution in [0.25, 0.3) is 10.8 Å². The van der Waals surface area contributed by atoms with Crippen molar-refractivity contribution in [2.75, 3.05) is 10.6 Å². The zero-order chi connectivity index (χ0) is 14.2. The van der Waals surface area contributed by atoms with Crippen molar-refractivity contribution < 1.29 is 0 Å². The van der Waals surface area contributed by atoms with E-state index in [1.54, 1.807) is 0 Å². The second-order valence-electron chi connectivity index (χ2n) is 5.71. The fourth-order valence-electron chi connectivity index (χ4n) is 3.13. The Morgan fingerprint density at radius 2 is 1.29 bits per heavy atom. The summed E-state index contributed by atoms with van der Waals surface area (Å²) in [6.07, 6.45) is 0. The van der Waals surface area contributed by atoms with E-state index in [0.29, 0.717) is 12.1 Å². The van der Waals surface area contributed by atoms with Crippen LogP contribution < -0.4 is 10.6 Å². The average molecular weight is 274 g/mol. The molecular formula is C19H18N2. The van der Waals surface area contributed by atoms with Gasteiger partial charge in [0.2, 0.25) is 0 Å². The molecule has 2 heteroatoms. The van der Waals surface area contributed by atoms with Crippen LogP contribution in [0.4, 0.5) is 11.4 Å². The predicted octanol–water partition coefficient (Wildman–Crippen LogP) is 4.81. The highest BCUT2D eigenvalue weighted by Gasteiger charge is 2.25. The first kappa shape index (κ1) is 12.3. The van der Waals surface area contributed by atoms with E-state index < -0.39 is 0 Å². The van der Waals surface area contributed by atoms with Crippen LogP contribution in [0.2, 0.25) is 0 Å². The molecule has 0 aromatic heterocycles. The highest BCUT2D eigenvalue weighted by molar-refractivity contribution is 5.93. The summed E-state index contributed by atoms with van der Waals surface area (Å²) in [6.45, 7) is 2.22. The van der Waals surface area contributed by atoms with E-state index in [4.69, 9.17) is 0 Å². The molecule has 2 N–H and O–H groups in total. The van der Waals surface area contributed by atoms with Gasteiger partial charge >= 0.3 is 0 Å². The number of hydrogen-bond acceptors (Lipinski definition) is 2. The first-order valence-corrected chi connectivity index (χ1v) is 7.42. The van der Waals surface area contributed by atoms with E-state index in [0.717, 1.165) is 0 Å². The van der Waals surface area contributed by atoms with Crippen molar-refractivity contribution in [3.8, 4) is 0 Å². The molecule has 0 aliphatic carbocycles. The summed E-state index contributed by atoms with van der Waals surface area (Å²) in [5, 5.41) is 9.87. The van der Waals surface area contributed by atoms with Crippen molar-refractivity contribution in [2.24, 2.45) is 0 Å². The van der Waals surface area contributed by atoms with Crippen LogP contribution >= 0.6 is 0 Å². The molecule has 3 aromatic carbocycles. The lowest BCUT2D eigenvalue weighted by Gasteiger charge is -2.34. The molecule has 0 bridgehead atoms. The lowest BCUT2D eigenvalue weighted by atomic mass is 9.96. The first-order valence-electron chi connectivity index (χ1n) is 7.42. The van der Waals surface area contributed by atoms with Crippen LogP contribution in [0.3, 0.4) is 0 Å². The Bertz CT molecular complexity index is 780. The largest absolute Gasteiger partial charge is 0.378 e. The predicted molar refractivity (Wildman–Crippen MR) is 89.8 cm³/mol. The van der Waals surface area contributed by atoms with E-state index in [2.05, 4.69) is 84.3 Å². The third kappa shape index (κ3) is 2.13. The van der Waals surface area contributed by atoms with Crippen molar-refractivity contribution in [3.63, 3.8) is 0 Å². The minimum Gasteiger partial charge on any atom is -0.378 e. The van der Waals surface area contributed by atoms with Gasteiger partial charge < -0.3 is 10.6 Å². The van der Waals surface area contributed by atoms with Crippen LogP contribution in [-0.2, 0) is 0 Å². The third-order valence-corrected chi connectivity index (χ3v) is 4.24. The van der Waals surface area contributed by atoms with Gasteiger partial charge in [0, 0.05) is 6.04 Å². The van der Waals surface area contributed by atoms with Gasteiger partial charge in [-0.05, 0) is 35.4 Å². The lowest BCUT2D eigenvalue weighted by molar-refractivity contribution is 0.650. The van der Waals surface area contributed by atoms with E-state index in [1.807, 2.05) is 0 Å². The average Bonchev–Trinajstić information content (AvgIpc) is 2.53. The molecule has 21 heavy (non-hydrogen) atoms. The fourth-order valence-corrected chi connectivity index (χ4v) is 3.13. The number of anilines is 2. The molecule has 0 radical (unpaired) electrons. The summed E-state index contributed by atoms with van der Waals surface area (Å²) >= 11 is 0. The van der Waals surface area contributed by atoms with E-state index in [9.17, 15) is 0 Å². The highest BCUT2D eigenvalue weighted by atomic mass is 15.1. The van der Waals surface area contributed by atoms with Crippen molar-refractivity contribution in [2.45, 2.75) is 19.0 Å². The number of nitrogens with one attached hydrogen (secondary N) is 2. The fraction of sp³-hybridized carbons (Fsp3) is 0.158. The molecule has 2 nitrogen and oxygen atoms in total. The lowest BCUT2D eigenvalue weighted by Crippen LogP contribution is -2.34. The van der Waals surface area contributed by atoms with Gasteiger partial charge in [-0.1, -0.05) is 54.6 Å². The monoisotopic (exact) mass is 274 g/mol. The SMILES string of the molecule is C[C@@H]1Nc2cc3ccccc3cc2N[C@@H]1c1ccccc1. The molecular weight excluding hydrogens is 256 g/mol. The molecule has 1 heterocycles. The Morgan fingerprint density at radius 1 is 0.714 bits per heavy atom. The normalized spacial score (nSPS) is 20.4. The Hall–Kier alpha value is -2.48. The molecule has 1 aliphatic rings. The molecule has 2 atom stereocenters. The minimum atomic E-state index is 0.292. The van der Waals surface area contributed by atoms with Gasteiger partial charge in [-0.15, -0.1) is 0 Å². The van der Waals surface area contributed by atoms with Crippen LogP contribution in [0, 0.1) is 0 Å². The number of hydrogen-bond donors (Lipinski definition) is 2. The second-order valence-corrected chi connectivity index (χ2v) is 5.71. The Morgan fingerprint density at radius 3 is 1.95 bits per heavy atom. The van der Waals surface area contributed by atoms with Gasteiger partial charge in [-0.25, -0.2) is 0 Å². The quantitative estimate of drug-likeness (QED) is 0.665. The van der Waals surface area contributed by atoms with Crippen molar-refractivity contribution >= 4 is 22.1 Å². The maximum atomic E-state index is 3.69. The third-order valence-electron chi connectivity index (χ3n) is 4.24. The smallest absolute Gasteiger partial charge is 0.0713 e. The van der Waals surface area contributed by atoms with E-state index in [-0.39, 0.29) is 0 Å². The van der Waals surface area contributed by atoms with Gasteiger partial charge in [0.1, 0.15) is 0 Å². The van der Waals surface area contributed by atoms with Gasteiger partial charge in [0.15, 0.2) is 0 Å². The molecule has 0 saturated carbocycles. The molecule has 0 spiro atoms. The number of benzene rings is 3. The number of rotatable bonds is 1. The van der Waals surface area contributed by atoms with Crippen molar-refractivity contribution in [1.82, 2.24) is 0 Å². The maximum Gasteiger partial charge on any atom is 0.0713 e. The number of fused-ring (bicyclic) bond motifs is 2. The van der Waals surface area contributed by atoms with Crippen molar-refractivity contribution in [1.29, 1.82) is 0 Å². The molecule has 4 rings (SSSR count). The van der Waals surface area contributed by atoms with E-state index in [1.165, 1.54) is 27.7 Å². The minimum absolute atomic E-state index is 0.292. The molecule has 1 aliphatic heterocycles. The molecule has 0 amide bonds. The van der Waals surface area contributed by atoms with Crippen LogP contribution in [0.5, 0.6) is 0 Å². The first-order chi connectivity index (χ1) is 10.3. The van der Waals surface area contributed by atoms with Crippen LogP contribution in [0.1, 0.15) is 18.5 Å². The molecule has 3 aromatic rings. The van der Waals surface area contributed by atoms with Crippen molar-refractivity contribution in [3.05, 3.63) is 72.3 Å². The molecule has 0 fully saturated rings. The molecule has 104 valence electrons. The maximum absolute atomic E-state index is 3.69. The Labute approximate surface area is 124 Å². The van der Waals surface area contributed by atoms with E-state index >= 15 is 0 Å². The Kier molecular flexibility index (Phi) is 2.81. The topological polar surface area (TPSA) is 24.1 Å². The summed E-state index contributed by atoms with van der Waals surface area (Å²) in [7, 11) is 0. The second kappa shape index (κ2) is 4.81. The summed E-state index contributed by atoms with van der Waals surface area (Å²) in [6, 6.07) is 24.2. The van der Waals surface area contributed by atoms with Crippen LogP contribution in [0.15, 0.2) is 66.7 Å². The molecule has 0 unspecified atom stereocenters. The molecule has 0 saturated heterocycles. The van der Waals surface area contributed by atoms with Gasteiger partial charge in [0.25, 0.3) is 0 Å². The summed E-state index contributed by atoms with van der Waals surface area (Å²) in [5.41, 5.74) is 3.69. The zero-order valence-corrected chi connectivity index (χ0v) is 12.0. The summed E-state index contributed by atoms with van der Waals surface area (Å²) < 4.78 is 0. The standard InChI is InChI=1S/C19H18N2/c1-13-19(14-7-3-2-4-8-14)21-18-12-16-10-6-5-9-15(16)11-17(18)20-13/h2-13,19-21H,1H3/t13-,19-/m0/s1. The Balaban J connectivity index is 1.78.